The first-order chi connectivity index (χ1) is 22.3. The second-order valence-electron chi connectivity index (χ2n) is 18.3. The molecule has 0 radical (unpaired) electrons. The molecule has 8 rings (SSSR count). The molecule has 1 N–H and O–H groups in total. The average Bonchev–Trinajstić information content (AvgIpc) is 3.96. The fraction of sp³-hybridized carbons (Fsp3) is 0.897. The van der Waals surface area contributed by atoms with Crippen LogP contribution in [0.5, 0.6) is 0 Å². The number of esters is 1. The number of methoxy groups -OCH3 is 1. The van der Waals surface area contributed by atoms with Crippen LogP contribution in [0.2, 0.25) is 0 Å². The summed E-state index contributed by atoms with van der Waals surface area (Å²) in [6, 6.07) is 0. The predicted octanol–water partition coefficient (Wildman–Crippen LogP) is 5.90. The summed E-state index contributed by atoms with van der Waals surface area (Å²) in [6.45, 7) is 13.9. The number of fused-ring (bicyclic) bond motifs is 4. The minimum Gasteiger partial charge on any atom is -0.466 e. The number of hydrogen-bond acceptors (Lipinski definition) is 7. The molecule has 1 amide bonds. The van der Waals surface area contributed by atoms with Crippen molar-refractivity contribution in [3.8, 4) is 0 Å². The first kappa shape index (κ1) is 32.7. The second-order valence-corrected chi connectivity index (χ2v) is 18.3. The van der Waals surface area contributed by atoms with Gasteiger partial charge in [-0.25, -0.2) is 4.79 Å². The summed E-state index contributed by atoms with van der Waals surface area (Å²) in [5.74, 6) is 2.26. The summed E-state index contributed by atoms with van der Waals surface area (Å²) < 4.78 is 24.5. The molecule has 6 saturated carbocycles. The number of morpholine rings is 1. The Kier molecular flexibility index (Phi) is 7.66. The van der Waals surface area contributed by atoms with Crippen LogP contribution in [0.3, 0.4) is 0 Å². The fourth-order valence-corrected chi connectivity index (χ4v) is 13.7. The van der Waals surface area contributed by atoms with Gasteiger partial charge in [0, 0.05) is 24.5 Å². The number of aliphatic hydroxyl groups is 1. The maximum atomic E-state index is 12.9. The Labute approximate surface area is 281 Å². The van der Waals surface area contributed by atoms with Crippen LogP contribution in [-0.2, 0) is 28.5 Å². The zero-order valence-corrected chi connectivity index (χ0v) is 29.7. The number of carbonyl (C=O) groups is 2. The highest BCUT2D eigenvalue weighted by Crippen LogP contribution is 2.89. The predicted molar refractivity (Wildman–Crippen MR) is 176 cm³/mol. The van der Waals surface area contributed by atoms with Crippen LogP contribution < -0.4 is 0 Å². The van der Waals surface area contributed by atoms with Gasteiger partial charge in [-0.05, 0) is 122 Å². The molecular formula is C39H59NO7. The van der Waals surface area contributed by atoms with E-state index in [0.29, 0.717) is 61.1 Å². The molecule has 8 fully saturated rings. The van der Waals surface area contributed by atoms with Crippen LogP contribution in [0.4, 0.5) is 0 Å². The molecular weight excluding hydrogens is 594 g/mol. The van der Waals surface area contributed by atoms with Gasteiger partial charge in [0.05, 0.1) is 44.7 Å². The third kappa shape index (κ3) is 4.58. The maximum absolute atomic E-state index is 12.9. The zero-order valence-electron chi connectivity index (χ0n) is 29.7. The molecule has 2 aliphatic heterocycles. The first-order valence-electron chi connectivity index (χ1n) is 19.0. The lowest BCUT2D eigenvalue weighted by molar-refractivity contribution is -0.248. The van der Waals surface area contributed by atoms with Crippen LogP contribution in [0.15, 0.2) is 12.2 Å². The Balaban J connectivity index is 0.997. The van der Waals surface area contributed by atoms with E-state index in [0.717, 1.165) is 25.7 Å². The van der Waals surface area contributed by atoms with Crippen molar-refractivity contribution in [1.82, 2.24) is 4.90 Å². The van der Waals surface area contributed by atoms with E-state index in [4.69, 9.17) is 18.9 Å². The van der Waals surface area contributed by atoms with E-state index in [-0.39, 0.29) is 58.1 Å². The van der Waals surface area contributed by atoms with Gasteiger partial charge < -0.3 is 29.0 Å². The Bertz CT molecular complexity index is 1310. The molecule has 47 heavy (non-hydrogen) atoms. The molecule has 2 spiro atoms. The largest absolute Gasteiger partial charge is 0.466 e. The summed E-state index contributed by atoms with van der Waals surface area (Å²) >= 11 is 0. The van der Waals surface area contributed by atoms with Gasteiger partial charge in [-0.3, -0.25) is 4.79 Å². The molecule has 0 aromatic rings. The molecule has 6 aliphatic carbocycles. The van der Waals surface area contributed by atoms with E-state index in [1.807, 2.05) is 11.0 Å². The van der Waals surface area contributed by atoms with Crippen LogP contribution in [-0.4, -0.2) is 79.4 Å². The van der Waals surface area contributed by atoms with Crippen LogP contribution in [0.1, 0.15) is 105 Å². The van der Waals surface area contributed by atoms with Gasteiger partial charge in [-0.2, -0.15) is 0 Å². The molecule has 8 heteroatoms. The van der Waals surface area contributed by atoms with Crippen molar-refractivity contribution in [2.24, 2.45) is 56.7 Å². The number of hydrogen-bond donors (Lipinski definition) is 1. The summed E-state index contributed by atoms with van der Waals surface area (Å²) in [5, 5.41) is 12.4. The van der Waals surface area contributed by atoms with E-state index in [1.54, 1.807) is 0 Å². The van der Waals surface area contributed by atoms with Crippen molar-refractivity contribution in [2.45, 2.75) is 136 Å². The smallest absolute Gasteiger partial charge is 0.330 e. The van der Waals surface area contributed by atoms with E-state index in [1.165, 1.54) is 51.7 Å². The molecule has 0 aromatic carbocycles. The van der Waals surface area contributed by atoms with Crippen molar-refractivity contribution in [2.75, 3.05) is 26.8 Å². The van der Waals surface area contributed by atoms with E-state index < -0.39 is 6.10 Å². The lowest BCUT2D eigenvalue weighted by Crippen LogP contribution is -2.60. The Morgan fingerprint density at radius 1 is 1.00 bits per heavy atom. The number of rotatable bonds is 6. The molecule has 0 bridgehead atoms. The summed E-state index contributed by atoms with van der Waals surface area (Å²) in [6.07, 6.45) is 14.3. The quantitative estimate of drug-likeness (QED) is 0.282. The zero-order chi connectivity index (χ0) is 33.1. The maximum Gasteiger partial charge on any atom is 0.330 e. The van der Waals surface area contributed by atoms with Crippen LogP contribution in [0, 0.1) is 56.7 Å². The average molecular weight is 654 g/mol. The van der Waals surface area contributed by atoms with E-state index >= 15 is 0 Å². The normalized spacial score (nSPS) is 51.3. The third-order valence-corrected chi connectivity index (χ3v) is 16.3. The van der Waals surface area contributed by atoms with Gasteiger partial charge in [0.25, 0.3) is 0 Å². The number of nitrogens with zero attached hydrogens (tertiary/aromatic N) is 1. The fourth-order valence-electron chi connectivity index (χ4n) is 13.7. The van der Waals surface area contributed by atoms with E-state index in [2.05, 4.69) is 34.6 Å². The van der Waals surface area contributed by atoms with Gasteiger partial charge in [0.1, 0.15) is 0 Å². The highest BCUT2D eigenvalue weighted by Gasteiger charge is 2.84. The topological polar surface area (TPSA) is 94.5 Å². The monoisotopic (exact) mass is 653 g/mol. The second kappa shape index (κ2) is 11.0. The highest BCUT2D eigenvalue weighted by molar-refractivity contribution is 5.81. The Morgan fingerprint density at radius 2 is 1.74 bits per heavy atom. The van der Waals surface area contributed by atoms with Gasteiger partial charge in [0.15, 0.2) is 6.29 Å². The van der Waals surface area contributed by atoms with Gasteiger partial charge in [0.2, 0.25) is 5.91 Å². The Hall–Kier alpha value is -1.48. The highest BCUT2D eigenvalue weighted by atomic mass is 16.7. The number of aliphatic hydroxyl groups excluding tert-OH is 1. The van der Waals surface area contributed by atoms with Crippen LogP contribution >= 0.6 is 0 Å². The molecule has 2 saturated heterocycles. The third-order valence-electron chi connectivity index (χ3n) is 16.3. The first-order valence-corrected chi connectivity index (χ1v) is 19.0. The van der Waals surface area contributed by atoms with Crippen molar-refractivity contribution in [3.63, 3.8) is 0 Å². The van der Waals surface area contributed by atoms with Crippen molar-refractivity contribution in [3.05, 3.63) is 12.2 Å². The van der Waals surface area contributed by atoms with Crippen LogP contribution in [0.25, 0.3) is 0 Å². The molecule has 13 atom stereocenters. The standard InChI is InChI=1S/C39H59NO7/c1-23-19-25(9-12-30(42)44-6)46-33-32(23)36(4)15-16-39-22-38(39)14-13-28(35(2,3)26(38)10-11-27(39)37(36,5)34(33)43)47-31-21-40(17-18-45-31)29(41)20-24-7-8-24/h9,12,23-28,31-34,43H,7-8,10-11,13-22H2,1-6H3/b12-9+/t23-,25+,26+,27+,28+,31?,32?,33+,34+,36-,37-,38-,39+/m1/s1. The number of ether oxygens (including phenoxy) is 4. The lowest BCUT2D eigenvalue weighted by Gasteiger charge is -2.63. The SMILES string of the molecule is COC(=O)/C=C/[C@H]1C[C@@H](C)C2[C@H](O1)[C@H](O)[C@@]1(C)[C@@H]3CC[C@H]4C(C)(C)[C@@H](OC5CN(C(=O)CC6CC6)CCO5)CC[C@@]45C[C@@]35CC[C@]21C. The molecule has 262 valence electrons. The number of amides is 1. The van der Waals surface area contributed by atoms with Gasteiger partial charge in [-0.15, -0.1) is 0 Å². The summed E-state index contributed by atoms with van der Waals surface area (Å²) in [7, 11) is 1.40. The molecule has 2 heterocycles. The summed E-state index contributed by atoms with van der Waals surface area (Å²) in [5.41, 5.74) is 0.402. The van der Waals surface area contributed by atoms with Gasteiger partial charge >= 0.3 is 5.97 Å². The minimum atomic E-state index is -0.521. The van der Waals surface area contributed by atoms with Crippen molar-refractivity contribution < 1.29 is 33.6 Å². The molecule has 8 nitrogen and oxygen atoms in total. The van der Waals surface area contributed by atoms with Crippen molar-refractivity contribution in [1.29, 1.82) is 0 Å². The lowest BCUT2D eigenvalue weighted by atomic mass is 9.41. The minimum absolute atomic E-state index is 0.0109. The van der Waals surface area contributed by atoms with Gasteiger partial charge in [-0.1, -0.05) is 34.6 Å². The molecule has 2 unspecified atom stereocenters. The molecule has 8 aliphatic rings. The molecule has 0 aromatic heterocycles. The Morgan fingerprint density at radius 3 is 2.49 bits per heavy atom. The number of carbonyl (C=O) groups excluding carboxylic acids is 2. The van der Waals surface area contributed by atoms with E-state index in [9.17, 15) is 14.7 Å². The van der Waals surface area contributed by atoms with Crippen molar-refractivity contribution >= 4 is 11.9 Å². The summed E-state index contributed by atoms with van der Waals surface area (Å²) in [4.78, 5) is 26.7.